The molecule has 0 spiro atoms. The van der Waals surface area contributed by atoms with E-state index in [1.165, 1.54) is 6.54 Å². The standard InChI is InChI=1S/C13H23N/c1-14(2)9-13-6-10-3-11(7-13)5-12(4-10)8-13/h10-12H,3-9H2,1-2H3. The molecule has 0 saturated heterocycles. The smallest absolute Gasteiger partial charge is 0.00322 e. The molecule has 0 aliphatic heterocycles. The fraction of sp³-hybridized carbons (Fsp3) is 1.00. The van der Waals surface area contributed by atoms with Crippen LogP contribution in [0.25, 0.3) is 0 Å². The van der Waals surface area contributed by atoms with Crippen molar-refractivity contribution in [2.24, 2.45) is 23.2 Å². The predicted octanol–water partition coefficient (Wildman–Crippen LogP) is 2.76. The maximum Gasteiger partial charge on any atom is 0.00322 e. The molecule has 0 unspecified atom stereocenters. The molecule has 1 heteroatoms. The third-order valence-corrected chi connectivity index (χ3v) is 4.82. The van der Waals surface area contributed by atoms with Crippen LogP contribution in [0.2, 0.25) is 0 Å². The van der Waals surface area contributed by atoms with E-state index >= 15 is 0 Å². The summed E-state index contributed by atoms with van der Waals surface area (Å²) in [5.41, 5.74) is 0.748. The average molecular weight is 193 g/mol. The van der Waals surface area contributed by atoms with Crippen LogP contribution in [0, 0.1) is 23.2 Å². The average Bonchev–Trinajstić information content (AvgIpc) is 1.96. The van der Waals surface area contributed by atoms with Gasteiger partial charge in [0.15, 0.2) is 0 Å². The van der Waals surface area contributed by atoms with Crippen molar-refractivity contribution in [3.63, 3.8) is 0 Å². The molecule has 0 radical (unpaired) electrons. The topological polar surface area (TPSA) is 3.24 Å². The van der Waals surface area contributed by atoms with Crippen LogP contribution in [-0.4, -0.2) is 25.5 Å². The fourth-order valence-corrected chi connectivity index (χ4v) is 5.15. The van der Waals surface area contributed by atoms with Gasteiger partial charge in [0.25, 0.3) is 0 Å². The second kappa shape index (κ2) is 2.98. The maximum absolute atomic E-state index is 2.42. The van der Waals surface area contributed by atoms with Crippen molar-refractivity contribution in [1.82, 2.24) is 4.90 Å². The molecule has 4 aliphatic carbocycles. The second-order valence-corrected chi connectivity index (χ2v) is 6.66. The van der Waals surface area contributed by atoms with Crippen molar-refractivity contribution >= 4 is 0 Å². The molecular weight excluding hydrogens is 170 g/mol. The van der Waals surface area contributed by atoms with Gasteiger partial charge in [-0.2, -0.15) is 0 Å². The summed E-state index contributed by atoms with van der Waals surface area (Å²) in [7, 11) is 4.50. The van der Waals surface area contributed by atoms with Crippen molar-refractivity contribution in [2.45, 2.75) is 38.5 Å². The molecule has 0 aromatic rings. The van der Waals surface area contributed by atoms with E-state index in [1.807, 2.05) is 0 Å². The van der Waals surface area contributed by atoms with E-state index in [0.717, 1.165) is 23.2 Å². The molecule has 4 bridgehead atoms. The first-order valence-electron chi connectivity index (χ1n) is 6.30. The normalized spacial score (nSPS) is 50.4. The van der Waals surface area contributed by atoms with E-state index in [9.17, 15) is 0 Å². The van der Waals surface area contributed by atoms with Gasteiger partial charge in [0.1, 0.15) is 0 Å². The summed E-state index contributed by atoms with van der Waals surface area (Å²) < 4.78 is 0. The highest BCUT2D eigenvalue weighted by atomic mass is 15.1. The first kappa shape index (κ1) is 9.21. The molecule has 4 rings (SSSR count). The van der Waals surface area contributed by atoms with Crippen LogP contribution in [0.4, 0.5) is 0 Å². The zero-order chi connectivity index (χ0) is 9.76. The van der Waals surface area contributed by atoms with Gasteiger partial charge in [-0.25, -0.2) is 0 Å². The van der Waals surface area contributed by atoms with Crippen LogP contribution in [0.3, 0.4) is 0 Å². The van der Waals surface area contributed by atoms with Gasteiger partial charge in [-0.1, -0.05) is 0 Å². The van der Waals surface area contributed by atoms with Gasteiger partial charge < -0.3 is 4.90 Å². The molecule has 0 aromatic carbocycles. The summed E-state index contributed by atoms with van der Waals surface area (Å²) in [6.07, 6.45) is 9.39. The van der Waals surface area contributed by atoms with Crippen molar-refractivity contribution in [3.8, 4) is 0 Å². The highest BCUT2D eigenvalue weighted by Crippen LogP contribution is 2.59. The van der Waals surface area contributed by atoms with Crippen molar-refractivity contribution in [1.29, 1.82) is 0 Å². The highest BCUT2D eigenvalue weighted by molar-refractivity contribution is 5.02. The highest BCUT2D eigenvalue weighted by Gasteiger charge is 2.50. The minimum absolute atomic E-state index is 0.748. The number of hydrogen-bond acceptors (Lipinski definition) is 1. The van der Waals surface area contributed by atoms with Gasteiger partial charge in [-0.05, 0) is 75.8 Å². The Balaban J connectivity index is 1.80. The summed E-state index contributed by atoms with van der Waals surface area (Å²) in [4.78, 5) is 2.42. The molecule has 80 valence electrons. The third kappa shape index (κ3) is 1.41. The number of hydrogen-bond donors (Lipinski definition) is 0. The van der Waals surface area contributed by atoms with Crippen LogP contribution >= 0.6 is 0 Å². The van der Waals surface area contributed by atoms with Crippen LogP contribution in [0.1, 0.15) is 38.5 Å². The molecule has 1 nitrogen and oxygen atoms in total. The van der Waals surface area contributed by atoms with E-state index in [4.69, 9.17) is 0 Å². The molecule has 4 fully saturated rings. The van der Waals surface area contributed by atoms with E-state index in [-0.39, 0.29) is 0 Å². The Morgan fingerprint density at radius 3 is 1.71 bits per heavy atom. The van der Waals surface area contributed by atoms with Crippen LogP contribution in [0.5, 0.6) is 0 Å². The largest absolute Gasteiger partial charge is 0.309 e. The van der Waals surface area contributed by atoms with Gasteiger partial charge in [0, 0.05) is 6.54 Å². The van der Waals surface area contributed by atoms with Crippen molar-refractivity contribution < 1.29 is 0 Å². The Morgan fingerprint density at radius 2 is 1.36 bits per heavy atom. The van der Waals surface area contributed by atoms with E-state index < -0.39 is 0 Å². The summed E-state index contributed by atoms with van der Waals surface area (Å²) in [5, 5.41) is 0. The Bertz CT molecular complexity index is 190. The number of nitrogens with zero attached hydrogens (tertiary/aromatic N) is 1. The summed E-state index contributed by atoms with van der Waals surface area (Å²) in [6, 6.07) is 0. The molecule has 0 amide bonds. The Morgan fingerprint density at radius 1 is 0.929 bits per heavy atom. The molecular formula is C13H23N. The molecule has 4 aliphatic rings. The van der Waals surface area contributed by atoms with Crippen molar-refractivity contribution in [2.75, 3.05) is 20.6 Å². The van der Waals surface area contributed by atoms with Crippen LogP contribution < -0.4 is 0 Å². The molecule has 0 heterocycles. The SMILES string of the molecule is CN(C)CC12CC3CC(CC(C3)C1)C2. The lowest BCUT2D eigenvalue weighted by Crippen LogP contribution is -2.50. The lowest BCUT2D eigenvalue weighted by Gasteiger charge is -2.57. The zero-order valence-electron chi connectivity index (χ0n) is 9.63. The first-order valence-corrected chi connectivity index (χ1v) is 6.30. The summed E-state index contributed by atoms with van der Waals surface area (Å²) in [5.74, 6) is 3.34. The molecule has 0 aromatic heterocycles. The second-order valence-electron chi connectivity index (χ2n) is 6.66. The Hall–Kier alpha value is -0.0400. The molecule has 0 N–H and O–H groups in total. The Kier molecular flexibility index (Phi) is 1.96. The first-order chi connectivity index (χ1) is 6.65. The van der Waals surface area contributed by atoms with E-state index in [0.29, 0.717) is 0 Å². The van der Waals surface area contributed by atoms with Gasteiger partial charge in [-0.3, -0.25) is 0 Å². The maximum atomic E-state index is 2.42. The van der Waals surface area contributed by atoms with E-state index in [2.05, 4.69) is 19.0 Å². The lowest BCUT2D eigenvalue weighted by molar-refractivity contribution is -0.0635. The van der Waals surface area contributed by atoms with Gasteiger partial charge in [0.05, 0.1) is 0 Å². The van der Waals surface area contributed by atoms with Crippen LogP contribution in [-0.2, 0) is 0 Å². The van der Waals surface area contributed by atoms with Crippen molar-refractivity contribution in [3.05, 3.63) is 0 Å². The molecule has 4 saturated carbocycles. The minimum Gasteiger partial charge on any atom is -0.309 e. The van der Waals surface area contributed by atoms with Gasteiger partial charge >= 0.3 is 0 Å². The molecule has 0 atom stereocenters. The summed E-state index contributed by atoms with van der Waals surface area (Å²) >= 11 is 0. The van der Waals surface area contributed by atoms with Gasteiger partial charge in [-0.15, -0.1) is 0 Å². The third-order valence-electron chi connectivity index (χ3n) is 4.82. The zero-order valence-corrected chi connectivity index (χ0v) is 9.63. The molecule has 14 heavy (non-hydrogen) atoms. The predicted molar refractivity (Wildman–Crippen MR) is 59.2 cm³/mol. The van der Waals surface area contributed by atoms with Crippen LogP contribution in [0.15, 0.2) is 0 Å². The minimum atomic E-state index is 0.748. The summed E-state index contributed by atoms with van der Waals surface area (Å²) in [6.45, 7) is 1.36. The monoisotopic (exact) mass is 193 g/mol. The lowest BCUT2D eigenvalue weighted by atomic mass is 9.49. The Labute approximate surface area is 87.9 Å². The fourth-order valence-electron chi connectivity index (χ4n) is 5.15. The quantitative estimate of drug-likeness (QED) is 0.652. The number of rotatable bonds is 2. The van der Waals surface area contributed by atoms with E-state index in [1.54, 1.807) is 38.5 Å². The van der Waals surface area contributed by atoms with Gasteiger partial charge in [0.2, 0.25) is 0 Å².